The Morgan fingerprint density at radius 2 is 1.83 bits per heavy atom. The Labute approximate surface area is 173 Å². The molecule has 5 heteroatoms. The number of methoxy groups -OCH3 is 1. The molecule has 2 rings (SSSR count). The van der Waals surface area contributed by atoms with E-state index < -0.39 is 12.0 Å². The van der Waals surface area contributed by atoms with E-state index in [4.69, 9.17) is 9.47 Å². The van der Waals surface area contributed by atoms with E-state index >= 15 is 0 Å². The van der Waals surface area contributed by atoms with Gasteiger partial charge in [0.15, 0.2) is 6.04 Å². The van der Waals surface area contributed by atoms with Crippen LogP contribution in [0.15, 0.2) is 48.5 Å². The average Bonchev–Trinajstić information content (AvgIpc) is 2.70. The van der Waals surface area contributed by atoms with Gasteiger partial charge in [0.2, 0.25) is 5.91 Å². The second-order valence-electron chi connectivity index (χ2n) is 7.46. The first-order valence-electron chi connectivity index (χ1n) is 10.1. The van der Waals surface area contributed by atoms with Crippen LogP contribution in [0.1, 0.15) is 49.4 Å². The first-order chi connectivity index (χ1) is 13.9. The number of nitrogens with one attached hydrogen (secondary N) is 1. The van der Waals surface area contributed by atoms with Gasteiger partial charge in [0.1, 0.15) is 5.75 Å². The van der Waals surface area contributed by atoms with E-state index in [1.54, 1.807) is 12.1 Å². The molecule has 2 aromatic carbocycles. The van der Waals surface area contributed by atoms with Crippen LogP contribution >= 0.6 is 0 Å². The van der Waals surface area contributed by atoms with Crippen molar-refractivity contribution in [3.05, 3.63) is 65.2 Å². The molecule has 2 atom stereocenters. The number of rotatable bonds is 10. The predicted octanol–water partition coefficient (Wildman–Crippen LogP) is 4.38. The van der Waals surface area contributed by atoms with E-state index in [0.717, 1.165) is 29.7 Å². The number of esters is 1. The summed E-state index contributed by atoms with van der Waals surface area (Å²) < 4.78 is 10.7. The topological polar surface area (TPSA) is 64.6 Å². The van der Waals surface area contributed by atoms with Gasteiger partial charge in [-0.05, 0) is 42.5 Å². The van der Waals surface area contributed by atoms with Gasteiger partial charge in [-0.25, -0.2) is 4.79 Å². The lowest BCUT2D eigenvalue weighted by Gasteiger charge is -2.18. The monoisotopic (exact) mass is 397 g/mol. The molecule has 0 aliphatic rings. The zero-order valence-corrected chi connectivity index (χ0v) is 17.7. The number of ether oxygens (including phenoxy) is 2. The number of amides is 1. The van der Waals surface area contributed by atoms with Gasteiger partial charge >= 0.3 is 5.97 Å². The Kier molecular flexibility index (Phi) is 8.71. The van der Waals surface area contributed by atoms with Gasteiger partial charge in [-0.2, -0.15) is 0 Å². The number of hydrogen-bond acceptors (Lipinski definition) is 4. The van der Waals surface area contributed by atoms with Crippen LogP contribution in [0, 0.1) is 12.8 Å². The van der Waals surface area contributed by atoms with Crippen LogP contribution < -0.4 is 10.1 Å². The molecule has 0 radical (unpaired) electrons. The van der Waals surface area contributed by atoms with Crippen molar-refractivity contribution in [1.82, 2.24) is 5.32 Å². The molecule has 0 fully saturated rings. The van der Waals surface area contributed by atoms with Crippen molar-refractivity contribution in [2.45, 2.75) is 46.1 Å². The van der Waals surface area contributed by atoms with Gasteiger partial charge in [-0.15, -0.1) is 0 Å². The second-order valence-corrected chi connectivity index (χ2v) is 7.46. The van der Waals surface area contributed by atoms with Crippen molar-refractivity contribution >= 4 is 11.9 Å². The van der Waals surface area contributed by atoms with Gasteiger partial charge < -0.3 is 14.8 Å². The fourth-order valence-corrected chi connectivity index (χ4v) is 3.19. The quantitative estimate of drug-likeness (QED) is 0.604. The van der Waals surface area contributed by atoms with Crippen LogP contribution in [-0.2, 0) is 20.7 Å². The lowest BCUT2D eigenvalue weighted by atomic mass is 10.0. The number of aryl methyl sites for hydroxylation is 1. The zero-order valence-electron chi connectivity index (χ0n) is 17.7. The minimum absolute atomic E-state index is 0.200. The van der Waals surface area contributed by atoms with Crippen molar-refractivity contribution in [2.24, 2.45) is 5.92 Å². The molecule has 2 aromatic rings. The Bertz CT molecular complexity index is 801. The third kappa shape index (κ3) is 7.26. The van der Waals surface area contributed by atoms with Crippen LogP contribution in [0.5, 0.6) is 5.75 Å². The summed E-state index contributed by atoms with van der Waals surface area (Å²) in [5, 5.41) is 2.78. The summed E-state index contributed by atoms with van der Waals surface area (Å²) in [5.74, 6) is 0.488. The zero-order chi connectivity index (χ0) is 21.2. The smallest absolute Gasteiger partial charge is 0.333 e. The molecule has 0 saturated heterocycles. The number of benzene rings is 2. The summed E-state index contributed by atoms with van der Waals surface area (Å²) in [6.07, 6.45) is 2.45. The highest BCUT2D eigenvalue weighted by atomic mass is 16.5. The molecule has 1 N–H and O–H groups in total. The van der Waals surface area contributed by atoms with Crippen molar-refractivity contribution in [3.8, 4) is 5.75 Å². The molecule has 0 spiro atoms. The molecule has 0 aliphatic heterocycles. The number of carbonyl (C=O) groups excluding carboxylic acids is 2. The minimum atomic E-state index is -0.856. The standard InChI is InChI=1S/C24H31NO4/c1-5-7-18(3)16-29-21-12-10-20(11-13-21)23(24(27)28-4)25-22(26)15-19-9-6-8-17(2)14-19/h6,8-14,18,23H,5,7,15-16H2,1-4H3,(H,25,26)/t18?,23-/m1/s1. The number of carbonyl (C=O) groups is 2. The maximum Gasteiger partial charge on any atom is 0.333 e. The molecule has 1 amide bonds. The first-order valence-corrected chi connectivity index (χ1v) is 10.1. The Morgan fingerprint density at radius 1 is 1.10 bits per heavy atom. The van der Waals surface area contributed by atoms with Gasteiger partial charge in [0.25, 0.3) is 0 Å². The van der Waals surface area contributed by atoms with E-state index in [1.165, 1.54) is 7.11 Å². The molecule has 156 valence electrons. The summed E-state index contributed by atoms with van der Waals surface area (Å²) in [6, 6.07) is 14.1. The highest BCUT2D eigenvalue weighted by Gasteiger charge is 2.23. The van der Waals surface area contributed by atoms with Gasteiger partial charge in [0, 0.05) is 0 Å². The summed E-state index contributed by atoms with van der Waals surface area (Å²) in [5.41, 5.74) is 2.64. The molecule has 0 aliphatic carbocycles. The highest BCUT2D eigenvalue weighted by molar-refractivity contribution is 5.86. The molecular formula is C24H31NO4. The minimum Gasteiger partial charge on any atom is -0.493 e. The highest BCUT2D eigenvalue weighted by Crippen LogP contribution is 2.20. The maximum atomic E-state index is 12.5. The van der Waals surface area contributed by atoms with Gasteiger partial charge in [-0.1, -0.05) is 62.2 Å². The van der Waals surface area contributed by atoms with Gasteiger partial charge in [-0.3, -0.25) is 4.79 Å². The molecule has 0 saturated carbocycles. The predicted molar refractivity (Wildman–Crippen MR) is 114 cm³/mol. The second kappa shape index (κ2) is 11.2. The van der Waals surface area contributed by atoms with Crippen molar-refractivity contribution in [2.75, 3.05) is 13.7 Å². The van der Waals surface area contributed by atoms with Crippen LogP contribution in [0.25, 0.3) is 0 Å². The third-order valence-electron chi connectivity index (χ3n) is 4.72. The Hall–Kier alpha value is -2.82. The van der Waals surface area contributed by atoms with Crippen molar-refractivity contribution in [1.29, 1.82) is 0 Å². The van der Waals surface area contributed by atoms with E-state index in [9.17, 15) is 9.59 Å². The summed E-state index contributed by atoms with van der Waals surface area (Å²) >= 11 is 0. The summed E-state index contributed by atoms with van der Waals surface area (Å²) in [7, 11) is 1.31. The Balaban J connectivity index is 2.03. The molecule has 0 bridgehead atoms. The van der Waals surface area contributed by atoms with Crippen LogP contribution in [0.3, 0.4) is 0 Å². The molecule has 1 unspecified atom stereocenters. The Morgan fingerprint density at radius 3 is 2.45 bits per heavy atom. The maximum absolute atomic E-state index is 12.5. The van der Waals surface area contributed by atoms with E-state index in [-0.39, 0.29) is 12.3 Å². The lowest BCUT2D eigenvalue weighted by Crippen LogP contribution is -2.35. The van der Waals surface area contributed by atoms with Crippen molar-refractivity contribution in [3.63, 3.8) is 0 Å². The fourth-order valence-electron chi connectivity index (χ4n) is 3.19. The molecular weight excluding hydrogens is 366 g/mol. The van der Waals surface area contributed by atoms with E-state index in [1.807, 2.05) is 43.3 Å². The fraction of sp³-hybridized carbons (Fsp3) is 0.417. The van der Waals surface area contributed by atoms with Crippen molar-refractivity contribution < 1.29 is 19.1 Å². The molecule has 29 heavy (non-hydrogen) atoms. The first kappa shape index (κ1) is 22.5. The average molecular weight is 398 g/mol. The summed E-state index contributed by atoms with van der Waals surface area (Å²) in [4.78, 5) is 24.7. The van der Waals surface area contributed by atoms with Crippen LogP contribution in [0.2, 0.25) is 0 Å². The summed E-state index contributed by atoms with van der Waals surface area (Å²) in [6.45, 7) is 6.95. The van der Waals surface area contributed by atoms with E-state index in [0.29, 0.717) is 18.1 Å². The third-order valence-corrected chi connectivity index (χ3v) is 4.72. The molecule has 5 nitrogen and oxygen atoms in total. The van der Waals surface area contributed by atoms with Gasteiger partial charge in [0.05, 0.1) is 20.1 Å². The largest absolute Gasteiger partial charge is 0.493 e. The lowest BCUT2D eigenvalue weighted by molar-refractivity contribution is -0.145. The normalized spacial score (nSPS) is 12.7. The molecule has 0 heterocycles. The number of hydrogen-bond donors (Lipinski definition) is 1. The van der Waals surface area contributed by atoms with Crippen LogP contribution in [-0.4, -0.2) is 25.6 Å². The molecule has 0 aromatic heterocycles. The van der Waals surface area contributed by atoms with E-state index in [2.05, 4.69) is 19.2 Å². The van der Waals surface area contributed by atoms with Crippen LogP contribution in [0.4, 0.5) is 0 Å². The SMILES string of the molecule is CCCC(C)COc1ccc([C@@H](NC(=O)Cc2cccc(C)c2)C(=O)OC)cc1.